The van der Waals surface area contributed by atoms with Crippen LogP contribution in [0.15, 0.2) is 39.5 Å². The topological polar surface area (TPSA) is 159 Å². The molecule has 0 radical (unpaired) electrons. The molecule has 2 heterocycles. The molecule has 1 aliphatic rings. The Kier molecular flexibility index (Phi) is 5.93. The standard InChI is InChI=1S/C23H24O10/c1-9-16(26)18(28)19(29)21(32-9)15-20-14(17(27)23(31-3)22(15)30-2)12(25)8-13(33-20)10-4-6-11(24)7-5-10/h4-9,16,18-19,21,24,26-29H,1-3H3/t9-,16-,18+,19+,21-/m0/s1. The summed E-state index contributed by atoms with van der Waals surface area (Å²) in [6.07, 6.45) is -6.73. The minimum atomic E-state index is -1.62. The van der Waals surface area contributed by atoms with Gasteiger partial charge < -0.3 is 44.2 Å². The fourth-order valence-corrected chi connectivity index (χ4v) is 4.06. The van der Waals surface area contributed by atoms with Gasteiger partial charge in [-0.2, -0.15) is 0 Å². The van der Waals surface area contributed by atoms with E-state index in [9.17, 15) is 30.3 Å². The molecule has 0 amide bonds. The number of hydrogen-bond acceptors (Lipinski definition) is 10. The van der Waals surface area contributed by atoms with Crippen molar-refractivity contribution in [2.75, 3.05) is 14.2 Å². The number of ether oxygens (including phenoxy) is 3. The lowest BCUT2D eigenvalue weighted by Crippen LogP contribution is -2.53. The van der Waals surface area contributed by atoms with E-state index in [0.717, 1.165) is 0 Å². The molecule has 0 unspecified atom stereocenters. The van der Waals surface area contributed by atoms with Gasteiger partial charge in [0.05, 0.1) is 25.9 Å². The Morgan fingerprint density at radius 1 is 0.909 bits per heavy atom. The summed E-state index contributed by atoms with van der Waals surface area (Å²) in [5.41, 5.74) is -0.287. The lowest BCUT2D eigenvalue weighted by atomic mass is 9.89. The van der Waals surface area contributed by atoms with Crippen molar-refractivity contribution < 1.29 is 44.2 Å². The second kappa shape index (κ2) is 8.56. The van der Waals surface area contributed by atoms with E-state index >= 15 is 0 Å². The van der Waals surface area contributed by atoms with E-state index < -0.39 is 41.7 Å². The Labute approximate surface area is 187 Å². The molecule has 0 aliphatic carbocycles. The molecule has 1 aromatic heterocycles. The van der Waals surface area contributed by atoms with Crippen LogP contribution in [-0.4, -0.2) is 64.2 Å². The molecule has 176 valence electrons. The summed E-state index contributed by atoms with van der Waals surface area (Å²) in [7, 11) is 2.55. The number of phenolic OH excluding ortho intramolecular Hbond substituents is 2. The van der Waals surface area contributed by atoms with Gasteiger partial charge in [0.15, 0.2) is 22.5 Å². The number of aromatic hydroxyl groups is 2. The first-order valence-corrected chi connectivity index (χ1v) is 10.1. The second-order valence-electron chi connectivity index (χ2n) is 7.79. The summed E-state index contributed by atoms with van der Waals surface area (Å²) in [6, 6.07) is 7.07. The highest BCUT2D eigenvalue weighted by molar-refractivity contribution is 5.93. The van der Waals surface area contributed by atoms with Crippen molar-refractivity contribution in [1.29, 1.82) is 0 Å². The predicted molar refractivity (Wildman–Crippen MR) is 116 cm³/mol. The summed E-state index contributed by atoms with van der Waals surface area (Å²) in [5, 5.41) is 51.3. The zero-order valence-electron chi connectivity index (χ0n) is 18.1. The number of rotatable bonds is 4. The molecule has 4 rings (SSSR count). The number of fused-ring (bicyclic) bond motifs is 1. The van der Waals surface area contributed by atoms with Crippen LogP contribution < -0.4 is 14.9 Å². The monoisotopic (exact) mass is 460 g/mol. The Hall–Kier alpha value is -3.31. The highest BCUT2D eigenvalue weighted by Crippen LogP contribution is 2.50. The maximum absolute atomic E-state index is 13.1. The van der Waals surface area contributed by atoms with Gasteiger partial charge in [-0.15, -0.1) is 0 Å². The Morgan fingerprint density at radius 3 is 2.15 bits per heavy atom. The minimum absolute atomic E-state index is 0.0187. The molecular formula is C23H24O10. The average molecular weight is 460 g/mol. The van der Waals surface area contributed by atoms with Gasteiger partial charge in [0, 0.05) is 11.6 Å². The average Bonchev–Trinajstić information content (AvgIpc) is 2.80. The molecule has 33 heavy (non-hydrogen) atoms. The van der Waals surface area contributed by atoms with E-state index in [1.165, 1.54) is 51.5 Å². The molecule has 10 heteroatoms. The molecule has 1 saturated heterocycles. The number of hydrogen-bond donors (Lipinski definition) is 5. The van der Waals surface area contributed by atoms with Gasteiger partial charge in [-0.3, -0.25) is 4.79 Å². The van der Waals surface area contributed by atoms with Crippen molar-refractivity contribution in [3.8, 4) is 34.3 Å². The summed E-state index contributed by atoms with van der Waals surface area (Å²) in [5.74, 6) is -0.661. The van der Waals surface area contributed by atoms with E-state index in [1.807, 2.05) is 0 Å². The van der Waals surface area contributed by atoms with Gasteiger partial charge >= 0.3 is 0 Å². The molecule has 10 nitrogen and oxygen atoms in total. The van der Waals surface area contributed by atoms with Gasteiger partial charge in [0.2, 0.25) is 5.75 Å². The predicted octanol–water partition coefficient (Wildman–Crippen LogP) is 1.43. The third-order valence-corrected chi connectivity index (χ3v) is 5.79. The quantitative estimate of drug-likeness (QED) is 0.385. The van der Waals surface area contributed by atoms with Gasteiger partial charge in [0.1, 0.15) is 41.3 Å². The first-order chi connectivity index (χ1) is 15.7. The molecule has 5 N–H and O–H groups in total. The lowest BCUT2D eigenvalue weighted by Gasteiger charge is -2.40. The fraction of sp³-hybridized carbons (Fsp3) is 0.348. The van der Waals surface area contributed by atoms with Gasteiger partial charge in [0.25, 0.3) is 0 Å². The van der Waals surface area contributed by atoms with Crippen LogP contribution in [0.4, 0.5) is 0 Å². The normalized spacial score (nSPS) is 25.2. The third-order valence-electron chi connectivity index (χ3n) is 5.79. The van der Waals surface area contributed by atoms with Crippen molar-refractivity contribution in [1.82, 2.24) is 0 Å². The highest BCUT2D eigenvalue weighted by atomic mass is 16.5. The summed E-state index contributed by atoms with van der Waals surface area (Å²) >= 11 is 0. The van der Waals surface area contributed by atoms with Crippen LogP contribution in [0.5, 0.6) is 23.0 Å². The molecule has 1 aliphatic heterocycles. The number of aliphatic hydroxyl groups excluding tert-OH is 3. The summed E-state index contributed by atoms with van der Waals surface area (Å²) in [6.45, 7) is 1.51. The van der Waals surface area contributed by atoms with E-state index in [0.29, 0.717) is 5.56 Å². The van der Waals surface area contributed by atoms with E-state index in [4.69, 9.17) is 18.6 Å². The number of benzene rings is 2. The van der Waals surface area contributed by atoms with Crippen molar-refractivity contribution in [2.45, 2.75) is 37.4 Å². The molecular weight excluding hydrogens is 436 g/mol. The van der Waals surface area contributed by atoms with Crippen molar-refractivity contribution >= 4 is 11.0 Å². The van der Waals surface area contributed by atoms with Crippen LogP contribution in [0.25, 0.3) is 22.3 Å². The summed E-state index contributed by atoms with van der Waals surface area (Å²) < 4.78 is 22.5. The number of aliphatic hydroxyl groups is 3. The first-order valence-electron chi connectivity index (χ1n) is 10.1. The highest BCUT2D eigenvalue weighted by Gasteiger charge is 2.45. The Balaban J connectivity index is 2.07. The van der Waals surface area contributed by atoms with Crippen LogP contribution in [-0.2, 0) is 4.74 Å². The summed E-state index contributed by atoms with van der Waals surface area (Å²) in [4.78, 5) is 13.1. The first kappa shape index (κ1) is 22.9. The molecule has 2 aromatic carbocycles. The number of phenols is 2. The smallest absolute Gasteiger partial charge is 0.204 e. The molecule has 1 fully saturated rings. The van der Waals surface area contributed by atoms with Crippen molar-refractivity contribution in [3.05, 3.63) is 46.1 Å². The molecule has 3 aromatic rings. The maximum Gasteiger partial charge on any atom is 0.204 e. The van der Waals surface area contributed by atoms with Crippen LogP contribution in [0.1, 0.15) is 18.6 Å². The third kappa shape index (κ3) is 3.66. The minimum Gasteiger partial charge on any atom is -0.508 e. The van der Waals surface area contributed by atoms with E-state index in [1.54, 1.807) is 0 Å². The Morgan fingerprint density at radius 2 is 1.55 bits per heavy atom. The zero-order valence-corrected chi connectivity index (χ0v) is 18.1. The molecule has 0 saturated carbocycles. The van der Waals surface area contributed by atoms with Crippen LogP contribution in [0.3, 0.4) is 0 Å². The zero-order chi connectivity index (χ0) is 24.0. The van der Waals surface area contributed by atoms with E-state index in [2.05, 4.69) is 0 Å². The molecule has 0 spiro atoms. The molecule has 0 bridgehead atoms. The Bertz CT molecular complexity index is 1230. The van der Waals surface area contributed by atoms with Gasteiger partial charge in [-0.1, -0.05) is 0 Å². The van der Waals surface area contributed by atoms with Crippen LogP contribution >= 0.6 is 0 Å². The second-order valence-corrected chi connectivity index (χ2v) is 7.79. The van der Waals surface area contributed by atoms with E-state index in [-0.39, 0.29) is 39.5 Å². The van der Waals surface area contributed by atoms with Crippen LogP contribution in [0.2, 0.25) is 0 Å². The lowest BCUT2D eigenvalue weighted by molar-refractivity contribution is -0.219. The van der Waals surface area contributed by atoms with Crippen molar-refractivity contribution in [3.63, 3.8) is 0 Å². The van der Waals surface area contributed by atoms with Crippen LogP contribution in [0, 0.1) is 0 Å². The SMILES string of the molecule is COc1c(OC)c(O)c2c(=O)cc(-c3ccc(O)cc3)oc2c1[C@@H]1O[C@@H](C)[C@H](O)[C@@H](O)[C@H]1O. The fourth-order valence-electron chi connectivity index (χ4n) is 4.06. The van der Waals surface area contributed by atoms with Gasteiger partial charge in [-0.05, 0) is 31.2 Å². The molecule has 5 atom stereocenters. The number of methoxy groups -OCH3 is 2. The van der Waals surface area contributed by atoms with Gasteiger partial charge in [-0.25, -0.2) is 0 Å². The largest absolute Gasteiger partial charge is 0.508 e. The van der Waals surface area contributed by atoms with Crippen molar-refractivity contribution in [2.24, 2.45) is 0 Å². The maximum atomic E-state index is 13.1.